The lowest BCUT2D eigenvalue weighted by atomic mass is 9.83. The largest absolute Gasteiger partial charge is 0.382 e. The van der Waals surface area contributed by atoms with Gasteiger partial charge in [0.2, 0.25) is 0 Å². The highest BCUT2D eigenvalue weighted by Crippen LogP contribution is 2.36. The van der Waals surface area contributed by atoms with Crippen molar-refractivity contribution in [3.8, 4) is 0 Å². The summed E-state index contributed by atoms with van der Waals surface area (Å²) in [5, 5.41) is 3.49. The molecule has 1 aromatic carbocycles. The van der Waals surface area contributed by atoms with E-state index in [4.69, 9.17) is 24.4 Å². The number of nitrogens with zero attached hydrogens (tertiary/aromatic N) is 1. The van der Waals surface area contributed by atoms with Gasteiger partial charge < -0.3 is 10.2 Å². The predicted molar refractivity (Wildman–Crippen MR) is 90.1 cm³/mol. The maximum Gasteiger partial charge on any atom is 0.0796 e. The summed E-state index contributed by atoms with van der Waals surface area (Å²) in [6, 6.07) is 0. The lowest BCUT2D eigenvalue weighted by molar-refractivity contribution is 0.300. The Morgan fingerprint density at radius 2 is 1.68 bits per heavy atom. The maximum absolute atomic E-state index is 5.37. The number of hydrogen-bond acceptors (Lipinski definition) is 4. The van der Waals surface area contributed by atoms with Crippen LogP contribution in [0.25, 0.3) is 0 Å². The van der Waals surface area contributed by atoms with E-state index >= 15 is 0 Å². The van der Waals surface area contributed by atoms with Gasteiger partial charge in [0.15, 0.2) is 0 Å². The molecule has 0 unspecified atom stereocenters. The average molecular weight is 299 g/mol. The van der Waals surface area contributed by atoms with Gasteiger partial charge in [0.25, 0.3) is 0 Å². The quantitative estimate of drug-likeness (QED) is 0.747. The minimum absolute atomic E-state index is 0.0790. The summed E-state index contributed by atoms with van der Waals surface area (Å²) in [7, 11) is 0. The van der Waals surface area contributed by atoms with Gasteiger partial charge in [0.05, 0.1) is 14.7 Å². The molecule has 0 saturated heterocycles. The molecule has 4 heteroatoms. The molecule has 0 aliphatic rings. The molecule has 0 spiro atoms. The molecule has 0 heterocycles. The van der Waals surface area contributed by atoms with Gasteiger partial charge in [0, 0.05) is 18.7 Å². The van der Waals surface area contributed by atoms with Crippen LogP contribution in [-0.2, 0) is 5.41 Å². The highest BCUT2D eigenvalue weighted by molar-refractivity contribution is 7.74. The van der Waals surface area contributed by atoms with Crippen LogP contribution >= 0.6 is 24.4 Å². The monoisotopic (exact) mass is 298 g/mol. The van der Waals surface area contributed by atoms with Crippen LogP contribution in [0.2, 0.25) is 0 Å². The molecule has 0 bridgehead atoms. The minimum Gasteiger partial charge on any atom is -0.382 e. The zero-order chi connectivity index (χ0) is 14.6. The molecule has 0 aliphatic heterocycles. The minimum atomic E-state index is 0.0790. The van der Waals surface area contributed by atoms with Gasteiger partial charge in [-0.15, -0.1) is 0 Å². The van der Waals surface area contributed by atoms with Gasteiger partial charge in [-0.1, -0.05) is 59.1 Å². The molecule has 0 atom stereocenters. The fraction of sp³-hybridized carbons (Fsp3) is 0.733. The van der Waals surface area contributed by atoms with Crippen LogP contribution < -0.4 is 5.32 Å². The van der Waals surface area contributed by atoms with Gasteiger partial charge in [-0.05, 0) is 24.9 Å². The van der Waals surface area contributed by atoms with E-state index in [0.717, 1.165) is 40.9 Å². The molecule has 0 aliphatic carbocycles. The molecule has 1 N–H and O–H groups in total. The van der Waals surface area contributed by atoms with E-state index in [1.807, 2.05) is 0 Å². The molecule has 0 amide bonds. The lowest BCUT2D eigenvalue weighted by Crippen LogP contribution is -2.30. The standard InChI is InChI=1S/C15H26N2S2/c1-6-9-17(7-2)10-8-16-12-11(15(3,4)5)13(18)14(12)19/h16H,6-10H2,1-5H3. The van der Waals surface area contributed by atoms with Gasteiger partial charge >= 0.3 is 0 Å². The highest BCUT2D eigenvalue weighted by Gasteiger charge is 2.25. The van der Waals surface area contributed by atoms with Crippen LogP contribution in [0.15, 0.2) is 0 Å². The zero-order valence-corrected chi connectivity index (χ0v) is 14.4. The van der Waals surface area contributed by atoms with Crippen LogP contribution in [0, 0.1) is 9.02 Å². The summed E-state index contributed by atoms with van der Waals surface area (Å²) in [6.45, 7) is 15.2. The SMILES string of the molecule is CCCN(CC)CCNc1c(C(C)(C)C)c(=S)c1=S. The smallest absolute Gasteiger partial charge is 0.0796 e. The molecular weight excluding hydrogens is 272 g/mol. The molecule has 1 aromatic rings. The van der Waals surface area contributed by atoms with E-state index in [9.17, 15) is 0 Å². The van der Waals surface area contributed by atoms with Crippen LogP contribution in [0.1, 0.15) is 46.6 Å². The Labute approximate surface area is 127 Å². The first-order valence-corrected chi connectivity index (χ1v) is 7.94. The summed E-state index contributed by atoms with van der Waals surface area (Å²) in [4.78, 5) is 2.45. The van der Waals surface area contributed by atoms with Gasteiger partial charge in [-0.2, -0.15) is 0 Å². The van der Waals surface area contributed by atoms with Crippen molar-refractivity contribution in [2.45, 2.75) is 46.5 Å². The Hall–Kier alpha value is -0.320. The molecule has 0 radical (unpaired) electrons. The van der Waals surface area contributed by atoms with E-state index in [-0.39, 0.29) is 5.41 Å². The van der Waals surface area contributed by atoms with Crippen LogP contribution in [-0.4, -0.2) is 31.1 Å². The molecule has 19 heavy (non-hydrogen) atoms. The molecule has 0 fully saturated rings. The Balaban J connectivity index is 2.63. The first kappa shape index (κ1) is 16.7. The van der Waals surface area contributed by atoms with Crippen LogP contribution in [0.4, 0.5) is 5.69 Å². The summed E-state index contributed by atoms with van der Waals surface area (Å²) < 4.78 is 1.73. The maximum atomic E-state index is 5.37. The third kappa shape index (κ3) is 4.07. The Morgan fingerprint density at radius 3 is 2.16 bits per heavy atom. The Bertz CT molecular complexity index is 479. The van der Waals surface area contributed by atoms with Crippen molar-refractivity contribution in [2.75, 3.05) is 31.5 Å². The third-order valence-corrected chi connectivity index (χ3v) is 4.32. The summed E-state index contributed by atoms with van der Waals surface area (Å²) in [5.41, 5.74) is 2.42. The average Bonchev–Trinajstić information content (AvgIpc) is 2.34. The fourth-order valence-corrected chi connectivity index (χ4v) is 3.15. The van der Waals surface area contributed by atoms with E-state index in [1.165, 1.54) is 12.0 Å². The van der Waals surface area contributed by atoms with Crippen molar-refractivity contribution in [1.82, 2.24) is 4.90 Å². The summed E-state index contributed by atoms with van der Waals surface area (Å²) in [5.74, 6) is 0. The molecule has 0 saturated carbocycles. The third-order valence-electron chi connectivity index (χ3n) is 3.38. The first-order valence-electron chi connectivity index (χ1n) is 7.12. The second-order valence-electron chi connectivity index (χ2n) is 6.02. The van der Waals surface area contributed by atoms with Crippen molar-refractivity contribution in [2.24, 2.45) is 0 Å². The zero-order valence-electron chi connectivity index (χ0n) is 12.8. The van der Waals surface area contributed by atoms with Crippen LogP contribution in [0.3, 0.4) is 0 Å². The van der Waals surface area contributed by atoms with E-state index < -0.39 is 0 Å². The number of likely N-dealkylation sites (N-methyl/N-ethyl adjacent to an activating group) is 1. The number of nitrogens with one attached hydrogen (secondary N) is 1. The second kappa shape index (κ2) is 6.91. The van der Waals surface area contributed by atoms with E-state index in [1.54, 1.807) is 0 Å². The van der Waals surface area contributed by atoms with Crippen molar-refractivity contribution in [1.29, 1.82) is 0 Å². The van der Waals surface area contributed by atoms with Crippen LogP contribution in [0.5, 0.6) is 0 Å². The van der Waals surface area contributed by atoms with Crippen molar-refractivity contribution in [3.63, 3.8) is 0 Å². The molecule has 1 rings (SSSR count). The fourth-order valence-electron chi connectivity index (χ4n) is 2.36. The second-order valence-corrected chi connectivity index (χ2v) is 6.84. The highest BCUT2D eigenvalue weighted by atomic mass is 32.1. The van der Waals surface area contributed by atoms with Gasteiger partial charge in [0.1, 0.15) is 0 Å². The van der Waals surface area contributed by atoms with Crippen molar-refractivity contribution in [3.05, 3.63) is 14.6 Å². The molecule has 108 valence electrons. The lowest BCUT2D eigenvalue weighted by Gasteiger charge is -2.28. The van der Waals surface area contributed by atoms with E-state index in [2.05, 4.69) is 44.8 Å². The first-order chi connectivity index (χ1) is 8.82. The van der Waals surface area contributed by atoms with Crippen molar-refractivity contribution < 1.29 is 0 Å². The molecular formula is C15H26N2S2. The molecule has 2 nitrogen and oxygen atoms in total. The number of rotatable bonds is 7. The number of anilines is 1. The summed E-state index contributed by atoms with van der Waals surface area (Å²) in [6.07, 6.45) is 1.20. The molecule has 0 aromatic heterocycles. The number of hydrogen-bond donors (Lipinski definition) is 1. The normalized spacial score (nSPS) is 12.3. The Kier molecular flexibility index (Phi) is 6.09. The van der Waals surface area contributed by atoms with Gasteiger partial charge in [-0.3, -0.25) is 0 Å². The predicted octanol–water partition coefficient (Wildman–Crippen LogP) is 4.46. The Morgan fingerprint density at radius 1 is 1.05 bits per heavy atom. The topological polar surface area (TPSA) is 15.3 Å². The van der Waals surface area contributed by atoms with Gasteiger partial charge in [-0.25, -0.2) is 0 Å². The summed E-state index contributed by atoms with van der Waals surface area (Å²) >= 11 is 10.7. The van der Waals surface area contributed by atoms with E-state index in [0.29, 0.717) is 0 Å². The van der Waals surface area contributed by atoms with Crippen molar-refractivity contribution >= 4 is 30.1 Å².